The number of Topliss-reactive ketones (excluding diaryl/α,β-unsaturated/α-hetero) is 1. The fourth-order valence-electron chi connectivity index (χ4n) is 8.40. The Balaban J connectivity index is 1.42. The van der Waals surface area contributed by atoms with Crippen molar-refractivity contribution in [1.29, 1.82) is 0 Å². The number of carbonyl (C=O) groups is 6. The second kappa shape index (κ2) is 23.8. The average Bonchev–Trinajstić information content (AvgIpc) is 3.98. The van der Waals surface area contributed by atoms with Crippen LogP contribution in [-0.2, 0) is 46.3 Å². The Hall–Kier alpha value is -7.16. The van der Waals surface area contributed by atoms with Crippen LogP contribution in [0.5, 0.6) is 5.75 Å². The van der Waals surface area contributed by atoms with Crippen LogP contribution in [0.15, 0.2) is 58.5 Å². The van der Waals surface area contributed by atoms with Crippen molar-refractivity contribution in [2.24, 2.45) is 21.5 Å². The number of phenols is 1. The van der Waals surface area contributed by atoms with Crippen molar-refractivity contribution in [2.45, 2.75) is 98.0 Å². The highest BCUT2D eigenvalue weighted by atomic mass is 16.6. The summed E-state index contributed by atoms with van der Waals surface area (Å²) in [4.78, 5) is 105. The summed E-state index contributed by atoms with van der Waals surface area (Å²) in [5.74, 6) is -8.30. The summed E-state index contributed by atoms with van der Waals surface area (Å²) in [6, 6.07) is -0.880. The number of hydrogen-bond acceptors (Lipinski definition) is 24. The predicted molar refractivity (Wildman–Crippen MR) is 245 cm³/mol. The van der Waals surface area contributed by atoms with Crippen molar-refractivity contribution >= 4 is 52.9 Å². The summed E-state index contributed by atoms with van der Waals surface area (Å²) in [6.45, 7) is -4.16. The Morgan fingerprint density at radius 1 is 0.722 bits per heavy atom. The zero-order valence-electron chi connectivity index (χ0n) is 38.1. The molecule has 0 aliphatic carbocycles. The maximum absolute atomic E-state index is 14.7. The summed E-state index contributed by atoms with van der Waals surface area (Å²) in [6.07, 6.45) is -14.1. The molecular weight excluding hydrogens is 959 g/mol. The SMILES string of the molecule is NC1=NCC(C(O)C2NC(=O)C(Cc3ccc(O)c([N+](=O)[O-])c3)NC(=O)C(Cc3ccccc3)NCC(=O)CNC(=O)C(CO)NC(=O)C(C(O)C3CN=C(N)N3C3OC(CO)C(O)C(O)C3O)NC2=O)N1. The number of phenolic OH excluding ortho intramolecular Hbond substituents is 1. The van der Waals surface area contributed by atoms with Crippen LogP contribution < -0.4 is 48.7 Å². The Morgan fingerprint density at radius 2 is 1.36 bits per heavy atom. The van der Waals surface area contributed by atoms with Crippen molar-refractivity contribution in [3.63, 3.8) is 0 Å². The standard InChI is InChI=1S/C42H57N13O17/c43-41-47-13-22(51-41)30(60)28-39(69)53-29(31(61)25-14-48-42(44)54(25)40-34(64)33(63)32(62)27(16-57)72-40)38(68)50-23(15-56)35(65)46-12-19(58)11-45-20(8-17-4-2-1-3-5-17)36(66)49-21(37(67)52-28)9-18-6-7-26(59)24(10-18)55(70)71/h1-7,10,20-23,25,27-34,40,45,56-57,59-64H,8-9,11-16H2,(H2,44,48)(H,46,65)(H,49,66)(H,50,68)(H,52,67)(H,53,69)(H3,43,47,51). The van der Waals surface area contributed by atoms with E-state index in [9.17, 15) is 79.7 Å². The molecule has 4 aliphatic rings. The van der Waals surface area contributed by atoms with Gasteiger partial charge in [0, 0.05) is 12.5 Å². The number of nitro groups is 1. The lowest BCUT2D eigenvalue weighted by Gasteiger charge is -2.46. The van der Waals surface area contributed by atoms with Crippen molar-refractivity contribution in [2.75, 3.05) is 39.4 Å². The Labute approximate surface area is 408 Å². The molecule has 19 N–H and O–H groups in total. The van der Waals surface area contributed by atoms with Gasteiger partial charge in [0.1, 0.15) is 60.8 Å². The van der Waals surface area contributed by atoms with Crippen LogP contribution in [0.2, 0.25) is 0 Å². The number of benzene rings is 2. The van der Waals surface area contributed by atoms with E-state index in [1.165, 1.54) is 6.07 Å². The zero-order valence-corrected chi connectivity index (χ0v) is 38.1. The van der Waals surface area contributed by atoms with Crippen LogP contribution in [0.4, 0.5) is 5.69 Å². The van der Waals surface area contributed by atoms with Crippen LogP contribution in [0, 0.1) is 10.1 Å². The number of nitrogens with two attached hydrogens (primary N) is 2. The van der Waals surface area contributed by atoms with E-state index in [-0.39, 0.29) is 24.5 Å². The van der Waals surface area contributed by atoms with Gasteiger partial charge in [-0.15, -0.1) is 0 Å². The number of nitrogens with zero attached hydrogens (tertiary/aromatic N) is 4. The number of aliphatic hydroxyl groups is 7. The number of carbonyl (C=O) groups excluding carboxylic acids is 6. The fourth-order valence-corrected chi connectivity index (χ4v) is 8.40. The molecule has 4 aliphatic heterocycles. The lowest BCUT2D eigenvalue weighted by atomic mass is 9.95. The molecule has 0 spiro atoms. The molecule has 72 heavy (non-hydrogen) atoms. The second-order valence-electron chi connectivity index (χ2n) is 17.3. The van der Waals surface area contributed by atoms with Crippen molar-refractivity contribution in [3.8, 4) is 5.75 Å². The summed E-state index contributed by atoms with van der Waals surface area (Å²) in [5.41, 5.74) is 11.8. The smallest absolute Gasteiger partial charge is 0.310 e. The number of aliphatic hydroxyl groups excluding tert-OH is 7. The van der Waals surface area contributed by atoms with Gasteiger partial charge in [-0.1, -0.05) is 36.4 Å². The van der Waals surface area contributed by atoms with E-state index in [0.29, 0.717) is 5.56 Å². The molecule has 0 bridgehead atoms. The van der Waals surface area contributed by atoms with Crippen LogP contribution in [0.1, 0.15) is 11.1 Å². The van der Waals surface area contributed by atoms with Crippen molar-refractivity contribution < 1.29 is 79.3 Å². The van der Waals surface area contributed by atoms with Crippen LogP contribution in [0.25, 0.3) is 0 Å². The predicted octanol–water partition coefficient (Wildman–Crippen LogP) is -9.52. The summed E-state index contributed by atoms with van der Waals surface area (Å²) >= 11 is 0. The zero-order chi connectivity index (χ0) is 52.6. The number of ketones is 1. The number of aliphatic imine (C=N–C) groups is 2. The molecule has 5 amide bonds. The van der Waals surface area contributed by atoms with Crippen LogP contribution in [-0.4, -0.2) is 222 Å². The van der Waals surface area contributed by atoms with Gasteiger partial charge in [-0.25, -0.2) is 0 Å². The summed E-state index contributed by atoms with van der Waals surface area (Å²) in [5, 5.41) is 115. The Morgan fingerprint density at radius 3 is 2.01 bits per heavy atom. The third-order valence-corrected chi connectivity index (χ3v) is 12.4. The van der Waals surface area contributed by atoms with Crippen LogP contribution in [0.3, 0.4) is 0 Å². The lowest BCUT2D eigenvalue weighted by molar-refractivity contribution is -0.385. The summed E-state index contributed by atoms with van der Waals surface area (Å²) in [7, 11) is 0. The lowest BCUT2D eigenvalue weighted by Crippen LogP contribution is -2.70. The molecule has 6 rings (SSSR count). The summed E-state index contributed by atoms with van der Waals surface area (Å²) < 4.78 is 5.65. The highest BCUT2D eigenvalue weighted by Crippen LogP contribution is 2.29. The van der Waals surface area contributed by atoms with E-state index in [0.717, 1.165) is 17.0 Å². The molecule has 2 fully saturated rings. The molecule has 14 unspecified atom stereocenters. The molecule has 30 heteroatoms. The molecule has 0 saturated carbocycles. The number of nitrogens with one attached hydrogen (secondary N) is 7. The Kier molecular flexibility index (Phi) is 17.9. The first-order chi connectivity index (χ1) is 34.2. The molecule has 4 heterocycles. The number of ether oxygens (including phenoxy) is 1. The van der Waals surface area contributed by atoms with E-state index in [1.807, 2.05) is 0 Å². The largest absolute Gasteiger partial charge is 0.502 e. The molecule has 2 aromatic rings. The van der Waals surface area contributed by atoms with Gasteiger partial charge in [0.05, 0.1) is 62.4 Å². The third kappa shape index (κ3) is 12.6. The number of amides is 5. The van der Waals surface area contributed by atoms with Crippen LogP contribution >= 0.6 is 0 Å². The van der Waals surface area contributed by atoms with Gasteiger partial charge in [0.2, 0.25) is 29.5 Å². The number of guanidine groups is 2. The number of nitro benzene ring substituents is 1. The van der Waals surface area contributed by atoms with Gasteiger partial charge in [-0.3, -0.25) is 54.2 Å². The van der Waals surface area contributed by atoms with Crippen molar-refractivity contribution in [1.82, 2.24) is 42.1 Å². The van der Waals surface area contributed by atoms with E-state index in [1.54, 1.807) is 30.3 Å². The van der Waals surface area contributed by atoms with E-state index in [4.69, 9.17) is 16.2 Å². The highest BCUT2D eigenvalue weighted by Gasteiger charge is 2.52. The minimum Gasteiger partial charge on any atom is -0.502 e. The van der Waals surface area contributed by atoms with Gasteiger partial charge in [-0.2, -0.15) is 0 Å². The first kappa shape index (κ1) is 54.2. The van der Waals surface area contributed by atoms with Gasteiger partial charge >= 0.3 is 5.69 Å². The van der Waals surface area contributed by atoms with Gasteiger partial charge in [0.15, 0.2) is 29.7 Å². The van der Waals surface area contributed by atoms with Gasteiger partial charge in [0.25, 0.3) is 0 Å². The molecule has 0 radical (unpaired) electrons. The number of rotatable bonds is 12. The third-order valence-electron chi connectivity index (χ3n) is 12.4. The molecule has 2 saturated heterocycles. The normalized spacial score (nSPS) is 31.2. The maximum Gasteiger partial charge on any atom is 0.310 e. The first-order valence-electron chi connectivity index (χ1n) is 22.4. The number of aromatic hydroxyl groups is 1. The molecular formula is C42H57N13O17. The molecule has 14 atom stereocenters. The molecule has 2 aromatic carbocycles. The van der Waals surface area contributed by atoms with E-state index >= 15 is 0 Å². The number of hydrogen-bond donors (Lipinski definition) is 17. The molecule has 0 aromatic heterocycles. The Bertz CT molecular complexity index is 2400. The second-order valence-corrected chi connectivity index (χ2v) is 17.3. The van der Waals surface area contributed by atoms with Gasteiger partial charge in [-0.05, 0) is 23.6 Å². The van der Waals surface area contributed by atoms with Crippen molar-refractivity contribution in [3.05, 3.63) is 69.8 Å². The first-order valence-corrected chi connectivity index (χ1v) is 22.4. The molecule has 30 nitrogen and oxygen atoms in total. The average molecular weight is 1020 g/mol. The van der Waals surface area contributed by atoms with E-state index in [2.05, 4.69) is 47.2 Å². The molecule has 392 valence electrons. The van der Waals surface area contributed by atoms with E-state index < -0.39 is 182 Å². The maximum atomic E-state index is 14.7. The van der Waals surface area contributed by atoms with Gasteiger partial charge < -0.3 is 93.9 Å². The fraction of sp³-hybridized carbons (Fsp3) is 0.524. The highest BCUT2D eigenvalue weighted by molar-refractivity contribution is 5.98. The monoisotopic (exact) mass is 1020 g/mol. The topological polar surface area (TPSA) is 481 Å². The minimum atomic E-state index is -2.32. The quantitative estimate of drug-likeness (QED) is 0.0693. The minimum absolute atomic E-state index is 0.00248.